The van der Waals surface area contributed by atoms with Gasteiger partial charge in [0.1, 0.15) is 5.82 Å². The van der Waals surface area contributed by atoms with Crippen molar-refractivity contribution in [3.63, 3.8) is 0 Å². The summed E-state index contributed by atoms with van der Waals surface area (Å²) in [6, 6.07) is 13.3. The molecule has 0 aliphatic carbocycles. The number of nitrogens with zero attached hydrogens (tertiary/aromatic N) is 3. The van der Waals surface area contributed by atoms with Gasteiger partial charge in [0.05, 0.1) is 24.1 Å². The van der Waals surface area contributed by atoms with E-state index in [2.05, 4.69) is 15.6 Å². The summed E-state index contributed by atoms with van der Waals surface area (Å²) in [4.78, 5) is 0. The van der Waals surface area contributed by atoms with Crippen LogP contribution in [0.1, 0.15) is 22.5 Å². The molecule has 25 heavy (non-hydrogen) atoms. The summed E-state index contributed by atoms with van der Waals surface area (Å²) < 4.78 is 28.4. The van der Waals surface area contributed by atoms with E-state index in [1.54, 1.807) is 6.21 Å². The lowest BCUT2D eigenvalue weighted by Gasteiger charge is -2.04. The first-order valence-electron chi connectivity index (χ1n) is 7.86. The second-order valence-corrected chi connectivity index (χ2v) is 5.72. The molecule has 0 bridgehead atoms. The molecule has 1 aromatic heterocycles. The van der Waals surface area contributed by atoms with E-state index in [1.807, 2.05) is 48.9 Å². The second-order valence-electron chi connectivity index (χ2n) is 5.72. The van der Waals surface area contributed by atoms with Crippen LogP contribution in [0.3, 0.4) is 0 Å². The van der Waals surface area contributed by atoms with E-state index in [1.165, 1.54) is 12.1 Å². The Morgan fingerprint density at radius 3 is 2.60 bits per heavy atom. The van der Waals surface area contributed by atoms with Crippen molar-refractivity contribution >= 4 is 11.9 Å². The van der Waals surface area contributed by atoms with Gasteiger partial charge in [0, 0.05) is 17.3 Å². The molecule has 6 heteroatoms. The third kappa shape index (κ3) is 3.91. The minimum atomic E-state index is -0.689. The maximum Gasteiger partial charge on any atom is 0.151 e. The molecule has 0 fully saturated rings. The Kier molecular flexibility index (Phi) is 4.88. The molecule has 0 amide bonds. The molecule has 0 unspecified atom stereocenters. The summed E-state index contributed by atoms with van der Waals surface area (Å²) >= 11 is 0. The monoisotopic (exact) mass is 340 g/mol. The summed E-state index contributed by atoms with van der Waals surface area (Å²) in [5.41, 5.74) is 6.53. The molecule has 1 heterocycles. The molecule has 128 valence electrons. The molecular formula is C19H18F2N4. The summed E-state index contributed by atoms with van der Waals surface area (Å²) in [6.45, 7) is 4.53. The molecule has 0 radical (unpaired) electrons. The fourth-order valence-electron chi connectivity index (χ4n) is 2.55. The van der Waals surface area contributed by atoms with Gasteiger partial charge in [-0.05, 0) is 31.5 Å². The van der Waals surface area contributed by atoms with Crippen LogP contribution in [0.2, 0.25) is 0 Å². The molecule has 1 N–H and O–H groups in total. The molecule has 0 saturated heterocycles. The van der Waals surface area contributed by atoms with Gasteiger partial charge in [-0.2, -0.15) is 10.2 Å². The van der Waals surface area contributed by atoms with Crippen LogP contribution in [0, 0.1) is 25.5 Å². The highest BCUT2D eigenvalue weighted by atomic mass is 19.1. The number of anilines is 1. The van der Waals surface area contributed by atoms with E-state index < -0.39 is 11.6 Å². The van der Waals surface area contributed by atoms with E-state index in [-0.39, 0.29) is 5.69 Å². The van der Waals surface area contributed by atoms with Gasteiger partial charge in [-0.1, -0.05) is 30.3 Å². The highest BCUT2D eigenvalue weighted by molar-refractivity contribution is 5.83. The zero-order chi connectivity index (χ0) is 17.8. The Morgan fingerprint density at radius 2 is 1.88 bits per heavy atom. The lowest BCUT2D eigenvalue weighted by molar-refractivity contribution is 0.585. The van der Waals surface area contributed by atoms with Crippen molar-refractivity contribution in [1.29, 1.82) is 0 Å². The zero-order valence-electron chi connectivity index (χ0n) is 14.0. The number of hydrogen-bond acceptors (Lipinski definition) is 3. The van der Waals surface area contributed by atoms with Crippen molar-refractivity contribution in [3.05, 3.63) is 82.7 Å². The lowest BCUT2D eigenvalue weighted by atomic mass is 10.2. The Hall–Kier alpha value is -3.02. The van der Waals surface area contributed by atoms with Crippen molar-refractivity contribution < 1.29 is 8.78 Å². The Balaban J connectivity index is 1.76. The van der Waals surface area contributed by atoms with Gasteiger partial charge in [0.2, 0.25) is 0 Å². The smallest absolute Gasteiger partial charge is 0.151 e. The molecular weight excluding hydrogens is 322 g/mol. The standard InChI is InChI=1S/C19H18F2N4/c1-13-17(11-22-23-19-9-8-16(20)10-18(19)21)14(2)25(24-13)12-15-6-4-3-5-7-15/h3-11,23H,12H2,1-2H3/b22-11+. The van der Waals surface area contributed by atoms with E-state index in [4.69, 9.17) is 0 Å². The molecule has 3 aromatic rings. The van der Waals surface area contributed by atoms with Crippen LogP contribution in [0.4, 0.5) is 14.5 Å². The largest absolute Gasteiger partial charge is 0.276 e. The fourth-order valence-corrected chi connectivity index (χ4v) is 2.55. The van der Waals surface area contributed by atoms with Crippen LogP contribution in [0.15, 0.2) is 53.6 Å². The number of rotatable bonds is 5. The minimum Gasteiger partial charge on any atom is -0.276 e. The normalized spacial score (nSPS) is 11.2. The SMILES string of the molecule is Cc1nn(Cc2ccccc2)c(C)c1/C=N/Nc1ccc(F)cc1F. The van der Waals surface area contributed by atoms with Gasteiger partial charge in [-0.3, -0.25) is 10.1 Å². The lowest BCUT2D eigenvalue weighted by Crippen LogP contribution is -2.04. The third-order valence-electron chi connectivity index (χ3n) is 3.92. The van der Waals surface area contributed by atoms with Crippen molar-refractivity contribution in [1.82, 2.24) is 9.78 Å². The Morgan fingerprint density at radius 1 is 1.12 bits per heavy atom. The molecule has 0 aliphatic rings. The van der Waals surface area contributed by atoms with E-state index in [0.29, 0.717) is 6.54 Å². The predicted octanol–water partition coefficient (Wildman–Crippen LogP) is 4.27. The first kappa shape index (κ1) is 16.8. The quantitative estimate of drug-likeness (QED) is 0.557. The topological polar surface area (TPSA) is 42.2 Å². The number of nitrogens with one attached hydrogen (secondary N) is 1. The van der Waals surface area contributed by atoms with Gasteiger partial charge in [0.25, 0.3) is 0 Å². The number of aromatic nitrogens is 2. The minimum absolute atomic E-state index is 0.115. The summed E-state index contributed by atoms with van der Waals surface area (Å²) in [5, 5.41) is 8.59. The highest BCUT2D eigenvalue weighted by Crippen LogP contribution is 2.16. The first-order valence-corrected chi connectivity index (χ1v) is 7.86. The average Bonchev–Trinajstić information content (AvgIpc) is 2.85. The van der Waals surface area contributed by atoms with Gasteiger partial charge < -0.3 is 0 Å². The molecule has 0 saturated carbocycles. The van der Waals surface area contributed by atoms with Crippen LogP contribution in [-0.2, 0) is 6.54 Å². The number of hydrazone groups is 1. The van der Waals surface area contributed by atoms with Crippen molar-refractivity contribution in [2.75, 3.05) is 5.43 Å². The van der Waals surface area contributed by atoms with Crippen LogP contribution >= 0.6 is 0 Å². The fraction of sp³-hybridized carbons (Fsp3) is 0.158. The molecule has 0 aliphatic heterocycles. The molecule has 4 nitrogen and oxygen atoms in total. The zero-order valence-corrected chi connectivity index (χ0v) is 14.0. The maximum atomic E-state index is 13.6. The number of aryl methyl sites for hydroxylation is 1. The van der Waals surface area contributed by atoms with Gasteiger partial charge >= 0.3 is 0 Å². The molecule has 2 aromatic carbocycles. The summed E-state index contributed by atoms with van der Waals surface area (Å²) in [5.74, 6) is -1.31. The second kappa shape index (κ2) is 7.25. The van der Waals surface area contributed by atoms with Gasteiger partial charge in [-0.15, -0.1) is 0 Å². The number of hydrogen-bond donors (Lipinski definition) is 1. The Labute approximate surface area is 144 Å². The number of benzene rings is 2. The van der Waals surface area contributed by atoms with E-state index in [0.717, 1.165) is 28.6 Å². The van der Waals surface area contributed by atoms with Crippen molar-refractivity contribution in [2.45, 2.75) is 20.4 Å². The van der Waals surface area contributed by atoms with Gasteiger partial charge in [-0.25, -0.2) is 8.78 Å². The molecule has 3 rings (SSSR count). The number of halogens is 2. The first-order chi connectivity index (χ1) is 12.0. The van der Waals surface area contributed by atoms with E-state index >= 15 is 0 Å². The molecule has 0 atom stereocenters. The predicted molar refractivity (Wildman–Crippen MR) is 94.8 cm³/mol. The van der Waals surface area contributed by atoms with Crippen molar-refractivity contribution in [3.8, 4) is 0 Å². The third-order valence-corrected chi connectivity index (χ3v) is 3.92. The van der Waals surface area contributed by atoms with Crippen LogP contribution in [-0.4, -0.2) is 16.0 Å². The van der Waals surface area contributed by atoms with Crippen LogP contribution in [0.25, 0.3) is 0 Å². The van der Waals surface area contributed by atoms with Gasteiger partial charge in [0.15, 0.2) is 5.82 Å². The average molecular weight is 340 g/mol. The van der Waals surface area contributed by atoms with E-state index in [9.17, 15) is 8.78 Å². The maximum absolute atomic E-state index is 13.6. The van der Waals surface area contributed by atoms with Crippen molar-refractivity contribution in [2.24, 2.45) is 5.10 Å². The van der Waals surface area contributed by atoms with Crippen LogP contribution < -0.4 is 5.43 Å². The summed E-state index contributed by atoms with van der Waals surface area (Å²) in [7, 11) is 0. The molecule has 0 spiro atoms. The Bertz CT molecular complexity index is 901. The summed E-state index contributed by atoms with van der Waals surface area (Å²) in [6.07, 6.45) is 1.60. The van der Waals surface area contributed by atoms with Crippen LogP contribution in [0.5, 0.6) is 0 Å². The highest BCUT2D eigenvalue weighted by Gasteiger charge is 2.10.